The maximum Gasteiger partial charge on any atom is 0.317 e. The van der Waals surface area contributed by atoms with Crippen LogP contribution in [0.4, 0.5) is 0 Å². The molecular weight excluding hydrogens is 470 g/mol. The monoisotopic (exact) mass is 493 g/mol. The van der Waals surface area contributed by atoms with Gasteiger partial charge in [-0.3, -0.25) is 34.0 Å². The van der Waals surface area contributed by atoms with Crippen molar-refractivity contribution in [1.82, 2.24) is 14.8 Å². The Morgan fingerprint density at radius 3 is 1.42 bits per heavy atom. The zero-order valence-electron chi connectivity index (χ0n) is 19.0. The second-order valence-electron chi connectivity index (χ2n) is 7.57. The summed E-state index contributed by atoms with van der Waals surface area (Å²) < 4.78 is 0. The second-order valence-corrected chi connectivity index (χ2v) is 7.57. The standard InChI is InChI=1S/C25H23N3O8/c29-22(30)14-27(15-23(31)32)12-20-10-19(9-5-4-8-18-6-2-1-3-7-18)11-21(26-20)13-28(16-24(33)34)17-25(35)36/h1-3,6-7,10-11H,12-17H2,(H,29,30)(H,31,32)(H,33,34)(H,35,36). The zero-order chi connectivity index (χ0) is 26.5. The van der Waals surface area contributed by atoms with E-state index in [-0.39, 0.29) is 24.5 Å². The summed E-state index contributed by atoms with van der Waals surface area (Å²) in [6, 6.07) is 12.2. The fraction of sp³-hybridized carbons (Fsp3) is 0.240. The normalized spacial score (nSPS) is 10.2. The van der Waals surface area contributed by atoms with Gasteiger partial charge in [-0.15, -0.1) is 0 Å². The lowest BCUT2D eigenvalue weighted by Gasteiger charge is -2.20. The Hall–Kier alpha value is -4.71. The molecule has 36 heavy (non-hydrogen) atoms. The van der Waals surface area contributed by atoms with Crippen molar-refractivity contribution in [3.8, 4) is 23.7 Å². The molecule has 2 rings (SSSR count). The van der Waals surface area contributed by atoms with Crippen molar-refractivity contribution >= 4 is 23.9 Å². The van der Waals surface area contributed by atoms with E-state index in [1.165, 1.54) is 12.1 Å². The summed E-state index contributed by atoms with van der Waals surface area (Å²) in [4.78, 5) is 51.2. The van der Waals surface area contributed by atoms with Crippen LogP contribution in [0.25, 0.3) is 0 Å². The van der Waals surface area contributed by atoms with Gasteiger partial charge in [0.1, 0.15) is 0 Å². The SMILES string of the molecule is O=C(O)CN(CC(=O)O)Cc1cc(C#CC#Cc2ccccc2)cc(CN(CC(=O)O)CC(=O)O)n1. The summed E-state index contributed by atoms with van der Waals surface area (Å²) in [5.74, 6) is 6.23. The summed E-state index contributed by atoms with van der Waals surface area (Å²) in [5, 5.41) is 36.4. The summed E-state index contributed by atoms with van der Waals surface area (Å²) in [6.45, 7) is -2.49. The molecule has 0 spiro atoms. The lowest BCUT2D eigenvalue weighted by Crippen LogP contribution is -2.35. The minimum absolute atomic E-state index is 0.144. The molecule has 2 aromatic rings. The number of nitrogens with zero attached hydrogens (tertiary/aromatic N) is 3. The molecule has 0 aliphatic heterocycles. The number of carboxylic acid groups (broad SMARTS) is 4. The molecule has 0 aliphatic carbocycles. The molecule has 0 amide bonds. The second kappa shape index (κ2) is 13.9. The maximum atomic E-state index is 11.1. The van der Waals surface area contributed by atoms with Gasteiger partial charge in [0.2, 0.25) is 0 Å². The number of hydrogen-bond donors (Lipinski definition) is 4. The van der Waals surface area contributed by atoms with Crippen LogP contribution in [-0.2, 0) is 32.3 Å². The summed E-state index contributed by atoms with van der Waals surface area (Å²) in [5.41, 5.74) is 1.73. The third-order valence-corrected chi connectivity index (χ3v) is 4.39. The van der Waals surface area contributed by atoms with Crippen LogP contribution in [-0.4, -0.2) is 85.3 Å². The van der Waals surface area contributed by atoms with Gasteiger partial charge in [-0.2, -0.15) is 0 Å². The minimum Gasteiger partial charge on any atom is -0.480 e. The maximum absolute atomic E-state index is 11.1. The fourth-order valence-electron chi connectivity index (χ4n) is 3.17. The van der Waals surface area contributed by atoms with Gasteiger partial charge in [-0.25, -0.2) is 0 Å². The molecule has 0 atom stereocenters. The highest BCUT2D eigenvalue weighted by Crippen LogP contribution is 2.11. The molecule has 1 aromatic heterocycles. The first kappa shape index (κ1) is 27.5. The Morgan fingerprint density at radius 2 is 1.03 bits per heavy atom. The molecule has 1 heterocycles. The van der Waals surface area contributed by atoms with Crippen LogP contribution < -0.4 is 0 Å². The zero-order valence-corrected chi connectivity index (χ0v) is 19.0. The van der Waals surface area contributed by atoms with E-state index >= 15 is 0 Å². The predicted molar refractivity (Wildman–Crippen MR) is 126 cm³/mol. The van der Waals surface area contributed by atoms with Crippen LogP contribution in [0.2, 0.25) is 0 Å². The number of rotatable bonds is 12. The van der Waals surface area contributed by atoms with Crippen molar-refractivity contribution in [3.05, 3.63) is 65.0 Å². The average molecular weight is 493 g/mol. The Labute approximate surface area is 206 Å². The Balaban J connectivity index is 2.39. The van der Waals surface area contributed by atoms with Crippen molar-refractivity contribution in [2.75, 3.05) is 26.2 Å². The van der Waals surface area contributed by atoms with Gasteiger partial charge in [0, 0.05) is 24.2 Å². The molecule has 0 aliphatic rings. The predicted octanol–water partition coefficient (Wildman–Crippen LogP) is 0.427. The Kier molecular flexibility index (Phi) is 10.6. The van der Waals surface area contributed by atoms with Gasteiger partial charge in [-0.1, -0.05) is 30.0 Å². The van der Waals surface area contributed by atoms with Crippen molar-refractivity contribution in [3.63, 3.8) is 0 Å². The number of benzene rings is 1. The van der Waals surface area contributed by atoms with Gasteiger partial charge < -0.3 is 20.4 Å². The Morgan fingerprint density at radius 1 is 0.639 bits per heavy atom. The van der Waals surface area contributed by atoms with Gasteiger partial charge in [0.15, 0.2) is 0 Å². The summed E-state index contributed by atoms with van der Waals surface area (Å²) >= 11 is 0. The van der Waals surface area contributed by atoms with E-state index in [1.807, 2.05) is 30.3 Å². The number of carboxylic acids is 4. The quantitative estimate of drug-likeness (QED) is 0.303. The van der Waals surface area contributed by atoms with E-state index in [0.717, 1.165) is 15.4 Å². The van der Waals surface area contributed by atoms with Crippen molar-refractivity contribution in [2.24, 2.45) is 0 Å². The molecule has 0 bridgehead atoms. The number of pyridine rings is 1. The molecule has 0 saturated carbocycles. The number of aliphatic carboxylic acids is 4. The van der Waals surface area contributed by atoms with E-state index < -0.39 is 50.1 Å². The molecule has 11 nitrogen and oxygen atoms in total. The van der Waals surface area contributed by atoms with Crippen molar-refractivity contribution in [1.29, 1.82) is 0 Å². The molecular formula is C25H23N3O8. The number of aromatic nitrogens is 1. The largest absolute Gasteiger partial charge is 0.480 e. The third-order valence-electron chi connectivity index (χ3n) is 4.39. The average Bonchev–Trinajstić information content (AvgIpc) is 2.75. The van der Waals surface area contributed by atoms with E-state index in [2.05, 4.69) is 28.7 Å². The molecule has 0 fully saturated rings. The first-order chi connectivity index (χ1) is 17.1. The number of hydrogen-bond acceptors (Lipinski definition) is 7. The topological polar surface area (TPSA) is 169 Å². The lowest BCUT2D eigenvalue weighted by molar-refractivity contribution is -0.144. The van der Waals surface area contributed by atoms with Crippen LogP contribution in [0.3, 0.4) is 0 Å². The molecule has 1 aromatic carbocycles. The number of carbonyl (C=O) groups is 4. The molecule has 11 heteroatoms. The first-order valence-corrected chi connectivity index (χ1v) is 10.5. The van der Waals surface area contributed by atoms with E-state index in [9.17, 15) is 19.2 Å². The Bertz CT molecular complexity index is 1150. The highest BCUT2D eigenvalue weighted by Gasteiger charge is 2.18. The van der Waals surface area contributed by atoms with Gasteiger partial charge >= 0.3 is 23.9 Å². The fourth-order valence-corrected chi connectivity index (χ4v) is 3.17. The van der Waals surface area contributed by atoms with E-state index in [0.29, 0.717) is 5.56 Å². The molecule has 0 radical (unpaired) electrons. The van der Waals surface area contributed by atoms with Crippen LogP contribution >= 0.6 is 0 Å². The van der Waals surface area contributed by atoms with Gasteiger partial charge in [0.25, 0.3) is 0 Å². The lowest BCUT2D eigenvalue weighted by atomic mass is 10.1. The smallest absolute Gasteiger partial charge is 0.317 e. The first-order valence-electron chi connectivity index (χ1n) is 10.5. The summed E-state index contributed by atoms with van der Waals surface area (Å²) in [7, 11) is 0. The highest BCUT2D eigenvalue weighted by atomic mass is 16.4. The van der Waals surface area contributed by atoms with E-state index in [1.54, 1.807) is 0 Å². The van der Waals surface area contributed by atoms with Crippen molar-refractivity contribution in [2.45, 2.75) is 13.1 Å². The van der Waals surface area contributed by atoms with Gasteiger partial charge in [-0.05, 0) is 36.1 Å². The molecule has 186 valence electrons. The summed E-state index contributed by atoms with van der Waals surface area (Å²) in [6.07, 6.45) is 0. The molecule has 0 unspecified atom stereocenters. The highest BCUT2D eigenvalue weighted by molar-refractivity contribution is 5.73. The molecule has 4 N–H and O–H groups in total. The molecule has 0 saturated heterocycles. The van der Waals surface area contributed by atoms with E-state index in [4.69, 9.17) is 20.4 Å². The third kappa shape index (κ3) is 10.9. The van der Waals surface area contributed by atoms with Crippen molar-refractivity contribution < 1.29 is 39.6 Å². The van der Waals surface area contributed by atoms with Gasteiger partial charge in [0.05, 0.1) is 37.6 Å². The van der Waals surface area contributed by atoms with Crippen LogP contribution in [0.5, 0.6) is 0 Å². The van der Waals surface area contributed by atoms with Crippen LogP contribution in [0.15, 0.2) is 42.5 Å². The van der Waals surface area contributed by atoms with Crippen LogP contribution in [0.1, 0.15) is 22.5 Å². The minimum atomic E-state index is -1.22. The van der Waals surface area contributed by atoms with Crippen LogP contribution in [0, 0.1) is 23.7 Å².